The van der Waals surface area contributed by atoms with Gasteiger partial charge < -0.3 is 9.47 Å². The Bertz CT molecular complexity index is 621. The second-order valence-electron chi connectivity index (χ2n) is 3.50. The van der Waals surface area contributed by atoms with E-state index in [0.29, 0.717) is 17.4 Å². The van der Waals surface area contributed by atoms with Gasteiger partial charge in [-0.2, -0.15) is 0 Å². The fourth-order valence-electron chi connectivity index (χ4n) is 1.53. The molecule has 0 unspecified atom stereocenters. The number of H-pyrrole nitrogens is 1. The predicted octanol–water partition coefficient (Wildman–Crippen LogP) is 0.865. The number of carbonyl (C=O) groups is 1. The molecular weight excluding hydrogens is 236 g/mol. The second-order valence-corrected chi connectivity index (χ2v) is 3.50. The number of hydrogen-bond donors (Lipinski definition) is 1. The van der Waals surface area contributed by atoms with E-state index in [-0.39, 0.29) is 18.0 Å². The first kappa shape index (κ1) is 12.1. The molecule has 2 aromatic rings. The Labute approximate surface area is 103 Å². The van der Waals surface area contributed by atoms with Crippen molar-refractivity contribution in [1.29, 1.82) is 0 Å². The number of nitrogens with one attached hydrogen (secondary N) is 1. The summed E-state index contributed by atoms with van der Waals surface area (Å²) in [6.07, 6.45) is 0. The van der Waals surface area contributed by atoms with Crippen molar-refractivity contribution in [1.82, 2.24) is 10.2 Å². The molecular formula is C12H12N2O4. The number of aromatic nitrogens is 2. The maximum Gasteiger partial charge on any atom is 0.344 e. The van der Waals surface area contributed by atoms with Crippen LogP contribution in [0, 0.1) is 0 Å². The Morgan fingerprint density at radius 2 is 2.06 bits per heavy atom. The standard InChI is InChI=1S/C12H12N2O4/c1-2-17-10(15)7-18-12-9-6-4-3-5-8(9)11(16)13-14-12/h3-6H,2,7H2,1H3,(H,13,16). The molecule has 0 aliphatic carbocycles. The summed E-state index contributed by atoms with van der Waals surface area (Å²) in [6.45, 7) is 1.77. The quantitative estimate of drug-likeness (QED) is 0.812. The van der Waals surface area contributed by atoms with Gasteiger partial charge in [0, 0.05) is 0 Å². The third-order valence-corrected chi connectivity index (χ3v) is 2.29. The van der Waals surface area contributed by atoms with Gasteiger partial charge in [0.15, 0.2) is 6.61 Å². The summed E-state index contributed by atoms with van der Waals surface area (Å²) in [5.41, 5.74) is -0.297. The average molecular weight is 248 g/mol. The third-order valence-electron chi connectivity index (χ3n) is 2.29. The molecule has 6 nitrogen and oxygen atoms in total. The van der Waals surface area contributed by atoms with Crippen molar-refractivity contribution in [2.75, 3.05) is 13.2 Å². The summed E-state index contributed by atoms with van der Waals surface area (Å²) in [5, 5.41) is 7.11. The topological polar surface area (TPSA) is 81.3 Å². The normalized spacial score (nSPS) is 10.3. The van der Waals surface area contributed by atoms with Gasteiger partial charge >= 0.3 is 5.97 Å². The van der Waals surface area contributed by atoms with Gasteiger partial charge in [0.05, 0.1) is 17.4 Å². The van der Waals surface area contributed by atoms with Crippen LogP contribution in [0.3, 0.4) is 0 Å². The van der Waals surface area contributed by atoms with Crippen LogP contribution in [-0.4, -0.2) is 29.4 Å². The monoisotopic (exact) mass is 248 g/mol. The second kappa shape index (κ2) is 5.31. The smallest absolute Gasteiger partial charge is 0.344 e. The highest BCUT2D eigenvalue weighted by Gasteiger charge is 2.09. The highest BCUT2D eigenvalue weighted by atomic mass is 16.6. The fraction of sp³-hybridized carbons (Fsp3) is 0.250. The molecule has 94 valence electrons. The minimum Gasteiger partial charge on any atom is -0.464 e. The zero-order valence-electron chi connectivity index (χ0n) is 9.80. The largest absolute Gasteiger partial charge is 0.464 e. The molecule has 2 rings (SSSR count). The number of ether oxygens (including phenoxy) is 2. The van der Waals surface area contributed by atoms with Gasteiger partial charge in [-0.3, -0.25) is 4.79 Å². The number of esters is 1. The lowest BCUT2D eigenvalue weighted by molar-refractivity contribution is -0.145. The Morgan fingerprint density at radius 3 is 2.78 bits per heavy atom. The molecule has 0 saturated heterocycles. The number of rotatable bonds is 4. The third kappa shape index (κ3) is 2.48. The minimum absolute atomic E-state index is 0.207. The van der Waals surface area contributed by atoms with Crippen molar-refractivity contribution in [2.24, 2.45) is 0 Å². The molecule has 1 aromatic carbocycles. The molecule has 18 heavy (non-hydrogen) atoms. The highest BCUT2D eigenvalue weighted by molar-refractivity contribution is 5.85. The van der Waals surface area contributed by atoms with Crippen LogP contribution < -0.4 is 10.3 Å². The van der Waals surface area contributed by atoms with Crippen LogP contribution in [-0.2, 0) is 9.53 Å². The first-order valence-electron chi connectivity index (χ1n) is 5.48. The number of carbonyl (C=O) groups excluding carboxylic acids is 1. The summed E-state index contributed by atoms with van der Waals surface area (Å²) in [4.78, 5) is 22.7. The zero-order valence-corrected chi connectivity index (χ0v) is 9.80. The Morgan fingerprint density at radius 1 is 1.33 bits per heavy atom. The molecule has 0 saturated carbocycles. The molecule has 0 radical (unpaired) electrons. The van der Waals surface area contributed by atoms with Gasteiger partial charge in [0.1, 0.15) is 0 Å². The molecule has 0 amide bonds. The van der Waals surface area contributed by atoms with Crippen LogP contribution in [0.25, 0.3) is 10.8 Å². The fourth-order valence-corrected chi connectivity index (χ4v) is 1.53. The van der Waals surface area contributed by atoms with E-state index in [4.69, 9.17) is 9.47 Å². The molecule has 0 bridgehead atoms. The van der Waals surface area contributed by atoms with E-state index >= 15 is 0 Å². The maximum atomic E-state index is 11.5. The minimum atomic E-state index is -0.477. The summed E-state index contributed by atoms with van der Waals surface area (Å²) < 4.78 is 9.97. The van der Waals surface area contributed by atoms with Gasteiger partial charge in [0.2, 0.25) is 5.88 Å². The van der Waals surface area contributed by atoms with Crippen molar-refractivity contribution >= 4 is 16.7 Å². The van der Waals surface area contributed by atoms with Crippen LogP contribution in [0.5, 0.6) is 5.88 Å². The van der Waals surface area contributed by atoms with Crippen LogP contribution in [0.2, 0.25) is 0 Å². The lowest BCUT2D eigenvalue weighted by Crippen LogP contribution is -2.17. The molecule has 1 aromatic heterocycles. The number of aromatic amines is 1. The van der Waals surface area contributed by atoms with Gasteiger partial charge in [-0.1, -0.05) is 12.1 Å². The first-order valence-corrected chi connectivity index (χ1v) is 5.48. The summed E-state index contributed by atoms with van der Waals surface area (Å²) in [5.74, 6) is -0.271. The number of nitrogens with zero attached hydrogens (tertiary/aromatic N) is 1. The number of benzene rings is 1. The predicted molar refractivity (Wildman–Crippen MR) is 64.5 cm³/mol. The van der Waals surface area contributed by atoms with Gasteiger partial charge in [-0.25, -0.2) is 9.89 Å². The molecule has 0 aliphatic rings. The van der Waals surface area contributed by atoms with E-state index in [0.717, 1.165) is 0 Å². The summed E-state index contributed by atoms with van der Waals surface area (Å²) in [6, 6.07) is 6.87. The molecule has 0 aliphatic heterocycles. The van der Waals surface area contributed by atoms with E-state index in [1.54, 1.807) is 31.2 Å². The lowest BCUT2D eigenvalue weighted by atomic mass is 10.2. The molecule has 0 fully saturated rings. The van der Waals surface area contributed by atoms with Crippen LogP contribution >= 0.6 is 0 Å². The van der Waals surface area contributed by atoms with Gasteiger partial charge in [-0.15, -0.1) is 5.10 Å². The van der Waals surface area contributed by atoms with E-state index in [1.807, 2.05) is 0 Å². The highest BCUT2D eigenvalue weighted by Crippen LogP contribution is 2.18. The Kier molecular flexibility index (Phi) is 3.57. The van der Waals surface area contributed by atoms with Crippen LogP contribution in [0.15, 0.2) is 29.1 Å². The van der Waals surface area contributed by atoms with Gasteiger partial charge in [0.25, 0.3) is 5.56 Å². The van der Waals surface area contributed by atoms with Gasteiger partial charge in [-0.05, 0) is 19.1 Å². The van der Waals surface area contributed by atoms with E-state index in [2.05, 4.69) is 10.2 Å². The van der Waals surface area contributed by atoms with E-state index < -0.39 is 5.97 Å². The molecule has 0 atom stereocenters. The van der Waals surface area contributed by atoms with Crippen molar-refractivity contribution in [3.05, 3.63) is 34.6 Å². The zero-order chi connectivity index (χ0) is 13.0. The summed E-state index contributed by atoms with van der Waals surface area (Å²) in [7, 11) is 0. The Balaban J connectivity index is 2.26. The average Bonchev–Trinajstić information content (AvgIpc) is 2.39. The molecule has 1 N–H and O–H groups in total. The van der Waals surface area contributed by atoms with E-state index in [1.165, 1.54) is 0 Å². The van der Waals surface area contributed by atoms with Crippen molar-refractivity contribution in [3.8, 4) is 5.88 Å². The van der Waals surface area contributed by atoms with Crippen LogP contribution in [0.1, 0.15) is 6.92 Å². The van der Waals surface area contributed by atoms with Crippen LogP contribution in [0.4, 0.5) is 0 Å². The Hall–Kier alpha value is -2.37. The van der Waals surface area contributed by atoms with E-state index in [9.17, 15) is 9.59 Å². The number of hydrogen-bond acceptors (Lipinski definition) is 5. The first-order chi connectivity index (χ1) is 8.72. The van der Waals surface area contributed by atoms with Crippen molar-refractivity contribution in [3.63, 3.8) is 0 Å². The molecule has 0 spiro atoms. The van der Waals surface area contributed by atoms with Crippen molar-refractivity contribution in [2.45, 2.75) is 6.92 Å². The number of fused-ring (bicyclic) bond motifs is 1. The van der Waals surface area contributed by atoms with Crippen molar-refractivity contribution < 1.29 is 14.3 Å². The molecule has 1 heterocycles. The lowest BCUT2D eigenvalue weighted by Gasteiger charge is -2.06. The maximum absolute atomic E-state index is 11.5. The molecule has 6 heteroatoms. The SMILES string of the molecule is CCOC(=O)COc1n[nH]c(=O)c2ccccc12. The summed E-state index contributed by atoms with van der Waals surface area (Å²) >= 11 is 0.